The van der Waals surface area contributed by atoms with E-state index in [1.165, 1.54) is 19.3 Å². The topological polar surface area (TPSA) is 54.3 Å². The van der Waals surface area contributed by atoms with Gasteiger partial charge in [-0.3, -0.25) is 9.59 Å². The summed E-state index contributed by atoms with van der Waals surface area (Å²) >= 11 is 0. The second kappa shape index (κ2) is 12.0. The molecular formula is C30H37N3O2. The third kappa shape index (κ3) is 6.29. The van der Waals surface area contributed by atoms with Gasteiger partial charge in [-0.1, -0.05) is 74.0 Å². The molecule has 35 heavy (non-hydrogen) atoms. The second-order valence-electron chi connectivity index (χ2n) is 9.51. The summed E-state index contributed by atoms with van der Waals surface area (Å²) < 4.78 is 2.18. The van der Waals surface area contributed by atoms with Crippen LogP contribution in [0.15, 0.2) is 71.5 Å². The molecule has 1 N–H and O–H groups in total. The number of rotatable bonds is 9. The summed E-state index contributed by atoms with van der Waals surface area (Å²) in [6, 6.07) is 21.5. The molecule has 1 amide bonds. The Balaban J connectivity index is 1.61. The summed E-state index contributed by atoms with van der Waals surface area (Å²) in [6.07, 6.45) is 5.10. The minimum Gasteiger partial charge on any atom is -0.347 e. The standard InChI is InChI=1S/C30H37N3O2/c1-3-27-29(28(34)21-23(2)33(27)20-19-32-17-11-6-12-18-32)30(35)31-26(25-15-9-5-10-16-25)22-24-13-7-4-8-14-24/h4-5,7-10,13-16,21,26H,3,6,11-12,17-20,22H2,1-2H3,(H,31,35). The van der Waals surface area contributed by atoms with Crippen molar-refractivity contribution in [2.75, 3.05) is 19.6 Å². The Morgan fingerprint density at radius 3 is 2.26 bits per heavy atom. The first-order chi connectivity index (χ1) is 17.1. The van der Waals surface area contributed by atoms with Crippen molar-refractivity contribution in [3.05, 3.63) is 105 Å². The third-order valence-corrected chi connectivity index (χ3v) is 7.07. The zero-order valence-electron chi connectivity index (χ0n) is 21.0. The lowest BCUT2D eigenvalue weighted by atomic mass is 9.98. The first-order valence-electron chi connectivity index (χ1n) is 12.9. The van der Waals surface area contributed by atoms with E-state index in [9.17, 15) is 9.59 Å². The zero-order chi connectivity index (χ0) is 24.6. The maximum Gasteiger partial charge on any atom is 0.257 e. The molecule has 2 aromatic carbocycles. The van der Waals surface area contributed by atoms with Gasteiger partial charge >= 0.3 is 0 Å². The number of hydrogen-bond donors (Lipinski definition) is 1. The molecule has 1 saturated heterocycles. The SMILES string of the molecule is CCc1c(C(=O)NC(Cc2ccccc2)c2ccccc2)c(=O)cc(C)n1CCN1CCCCC1. The molecule has 1 aliphatic heterocycles. The van der Waals surface area contributed by atoms with E-state index in [2.05, 4.69) is 26.9 Å². The number of aromatic nitrogens is 1. The van der Waals surface area contributed by atoms with Gasteiger partial charge in [-0.15, -0.1) is 0 Å². The predicted molar refractivity (Wildman–Crippen MR) is 142 cm³/mol. The lowest BCUT2D eigenvalue weighted by Gasteiger charge is -2.28. The number of aryl methyl sites for hydroxylation is 1. The Labute approximate surface area is 208 Å². The van der Waals surface area contributed by atoms with Gasteiger partial charge in [0.05, 0.1) is 6.04 Å². The normalized spacial score (nSPS) is 15.0. The fourth-order valence-corrected chi connectivity index (χ4v) is 5.19. The number of nitrogens with one attached hydrogen (secondary N) is 1. The van der Waals surface area contributed by atoms with Crippen LogP contribution in [0.1, 0.15) is 65.1 Å². The van der Waals surface area contributed by atoms with Crippen molar-refractivity contribution < 1.29 is 4.79 Å². The van der Waals surface area contributed by atoms with Gasteiger partial charge in [0.2, 0.25) is 0 Å². The van der Waals surface area contributed by atoms with Crippen molar-refractivity contribution in [3.63, 3.8) is 0 Å². The van der Waals surface area contributed by atoms with Crippen LogP contribution in [0, 0.1) is 6.92 Å². The number of hydrogen-bond acceptors (Lipinski definition) is 3. The van der Waals surface area contributed by atoms with Crippen LogP contribution < -0.4 is 10.7 Å². The summed E-state index contributed by atoms with van der Waals surface area (Å²) in [5.74, 6) is -0.289. The average Bonchev–Trinajstić information content (AvgIpc) is 2.89. The van der Waals surface area contributed by atoms with Crippen molar-refractivity contribution in [2.24, 2.45) is 0 Å². The van der Waals surface area contributed by atoms with Crippen LogP contribution in [0.2, 0.25) is 0 Å². The van der Waals surface area contributed by atoms with Gasteiger partial charge in [0.15, 0.2) is 5.43 Å². The Morgan fingerprint density at radius 1 is 0.943 bits per heavy atom. The van der Waals surface area contributed by atoms with E-state index in [1.807, 2.05) is 62.4 Å². The first kappa shape index (κ1) is 24.9. The van der Waals surface area contributed by atoms with E-state index >= 15 is 0 Å². The summed E-state index contributed by atoms with van der Waals surface area (Å²) in [7, 11) is 0. The van der Waals surface area contributed by atoms with Crippen LogP contribution >= 0.6 is 0 Å². The van der Waals surface area contributed by atoms with Crippen LogP contribution in [0.3, 0.4) is 0 Å². The quantitative estimate of drug-likeness (QED) is 0.482. The molecule has 4 rings (SSSR count). The van der Waals surface area contributed by atoms with Gasteiger partial charge in [0.1, 0.15) is 5.56 Å². The van der Waals surface area contributed by atoms with E-state index in [-0.39, 0.29) is 22.9 Å². The Bertz CT molecular complexity index is 1170. The fourth-order valence-electron chi connectivity index (χ4n) is 5.19. The maximum atomic E-state index is 13.7. The van der Waals surface area contributed by atoms with Crippen LogP contribution in [-0.4, -0.2) is 35.0 Å². The van der Waals surface area contributed by atoms with Crippen molar-refractivity contribution in [3.8, 4) is 0 Å². The molecule has 0 aliphatic carbocycles. The average molecular weight is 472 g/mol. The molecule has 184 valence electrons. The minimum absolute atomic E-state index is 0.197. The molecule has 1 aromatic heterocycles. The number of carbonyl (C=O) groups excluding carboxylic acids is 1. The van der Waals surface area contributed by atoms with E-state index in [0.29, 0.717) is 12.8 Å². The monoisotopic (exact) mass is 471 g/mol. The number of nitrogens with zero attached hydrogens (tertiary/aromatic N) is 2. The van der Waals surface area contributed by atoms with Crippen molar-refractivity contribution in [1.82, 2.24) is 14.8 Å². The fraction of sp³-hybridized carbons (Fsp3) is 0.400. The lowest BCUT2D eigenvalue weighted by Crippen LogP contribution is -2.37. The maximum absolute atomic E-state index is 13.7. The predicted octanol–water partition coefficient (Wildman–Crippen LogP) is 4.92. The molecular weight excluding hydrogens is 434 g/mol. The third-order valence-electron chi connectivity index (χ3n) is 7.07. The molecule has 5 nitrogen and oxygen atoms in total. The molecule has 0 saturated carbocycles. The molecule has 1 atom stereocenters. The number of likely N-dealkylation sites (tertiary alicyclic amines) is 1. The second-order valence-corrected chi connectivity index (χ2v) is 9.51. The van der Waals surface area contributed by atoms with Crippen LogP contribution in [0.4, 0.5) is 0 Å². The van der Waals surface area contributed by atoms with Crippen molar-refractivity contribution in [1.29, 1.82) is 0 Å². The molecule has 1 fully saturated rings. The smallest absolute Gasteiger partial charge is 0.257 e. The van der Waals surface area contributed by atoms with E-state index in [1.54, 1.807) is 6.07 Å². The van der Waals surface area contributed by atoms with E-state index in [0.717, 1.165) is 48.7 Å². The van der Waals surface area contributed by atoms with Crippen molar-refractivity contribution >= 4 is 5.91 Å². The van der Waals surface area contributed by atoms with Gasteiger partial charge < -0.3 is 14.8 Å². The molecule has 5 heteroatoms. The van der Waals surface area contributed by atoms with E-state index < -0.39 is 0 Å². The Hall–Kier alpha value is -3.18. The highest BCUT2D eigenvalue weighted by Gasteiger charge is 2.23. The highest BCUT2D eigenvalue weighted by atomic mass is 16.2. The van der Waals surface area contributed by atoms with Gasteiger partial charge in [0, 0.05) is 30.5 Å². The summed E-state index contributed by atoms with van der Waals surface area (Å²) in [6.45, 7) is 8.00. The summed E-state index contributed by atoms with van der Waals surface area (Å²) in [4.78, 5) is 29.3. The van der Waals surface area contributed by atoms with Gasteiger partial charge in [0.25, 0.3) is 5.91 Å². The van der Waals surface area contributed by atoms with E-state index in [4.69, 9.17) is 0 Å². The van der Waals surface area contributed by atoms with Gasteiger partial charge in [-0.25, -0.2) is 0 Å². The number of amides is 1. The van der Waals surface area contributed by atoms with Crippen LogP contribution in [0.25, 0.3) is 0 Å². The van der Waals surface area contributed by atoms with Crippen LogP contribution in [0.5, 0.6) is 0 Å². The summed E-state index contributed by atoms with van der Waals surface area (Å²) in [5.41, 5.74) is 4.00. The molecule has 2 heterocycles. The number of benzene rings is 2. The highest BCUT2D eigenvalue weighted by molar-refractivity contribution is 5.95. The number of carbonyl (C=O) groups is 1. The van der Waals surface area contributed by atoms with Gasteiger partial charge in [-0.2, -0.15) is 0 Å². The zero-order valence-corrected chi connectivity index (χ0v) is 21.0. The molecule has 0 radical (unpaired) electrons. The molecule has 0 bridgehead atoms. The van der Waals surface area contributed by atoms with Crippen molar-refractivity contribution in [2.45, 2.75) is 58.5 Å². The largest absolute Gasteiger partial charge is 0.347 e. The first-order valence-corrected chi connectivity index (χ1v) is 12.9. The molecule has 0 spiro atoms. The Morgan fingerprint density at radius 2 is 1.60 bits per heavy atom. The summed E-state index contributed by atoms with van der Waals surface area (Å²) in [5, 5.41) is 3.20. The number of piperidine rings is 1. The molecule has 1 aliphatic rings. The Kier molecular flexibility index (Phi) is 8.54. The number of pyridine rings is 1. The lowest BCUT2D eigenvalue weighted by molar-refractivity contribution is 0.0933. The molecule has 3 aromatic rings. The van der Waals surface area contributed by atoms with Gasteiger partial charge in [-0.05, 0) is 56.8 Å². The molecule has 1 unspecified atom stereocenters. The van der Waals surface area contributed by atoms with Crippen LogP contribution in [-0.2, 0) is 19.4 Å². The highest BCUT2D eigenvalue weighted by Crippen LogP contribution is 2.20. The minimum atomic E-state index is -0.289.